The van der Waals surface area contributed by atoms with Crippen LogP contribution in [0, 0.1) is 23.2 Å². The number of alkyl halides is 1. The quantitative estimate of drug-likeness (QED) is 0.290. The lowest BCUT2D eigenvalue weighted by molar-refractivity contribution is -0.132. The predicted molar refractivity (Wildman–Crippen MR) is 160 cm³/mol. The molecule has 7 atom stereocenters. The second kappa shape index (κ2) is 13.2. The molecule has 0 radical (unpaired) electrons. The number of ether oxygens (including phenoxy) is 1. The van der Waals surface area contributed by atoms with Crippen molar-refractivity contribution in [2.45, 2.75) is 89.3 Å². The molecule has 3 aliphatic rings. The van der Waals surface area contributed by atoms with Crippen LogP contribution in [0.5, 0.6) is 5.75 Å². The average Bonchev–Trinajstić information content (AvgIpc) is 3.25. The van der Waals surface area contributed by atoms with Crippen LogP contribution in [0.3, 0.4) is 0 Å². The highest BCUT2D eigenvalue weighted by atomic mass is 19.1. The summed E-state index contributed by atoms with van der Waals surface area (Å²) in [6.07, 6.45) is 6.64. The van der Waals surface area contributed by atoms with Crippen molar-refractivity contribution >= 4 is 5.91 Å². The van der Waals surface area contributed by atoms with Gasteiger partial charge >= 0.3 is 0 Å². The van der Waals surface area contributed by atoms with Crippen molar-refractivity contribution in [1.82, 2.24) is 4.90 Å². The number of aromatic hydroxyl groups is 1. The van der Waals surface area contributed by atoms with Crippen LogP contribution in [0.15, 0.2) is 48.5 Å². The summed E-state index contributed by atoms with van der Waals surface area (Å²) in [5.74, 6) is 1.07. The fourth-order valence-corrected chi connectivity index (χ4v) is 8.55. The van der Waals surface area contributed by atoms with Gasteiger partial charge in [0.2, 0.25) is 5.91 Å². The molecule has 2 N–H and O–H groups in total. The molecule has 2 aromatic carbocycles. The molecule has 2 fully saturated rings. The molecule has 224 valence electrons. The van der Waals surface area contributed by atoms with E-state index >= 15 is 4.39 Å². The molecule has 2 aromatic rings. The normalized spacial score (nSPS) is 30.3. The minimum Gasteiger partial charge on any atom is -0.508 e. The Kier molecular flexibility index (Phi) is 9.70. The number of aliphatic hydroxyl groups excluding tert-OH is 1. The van der Waals surface area contributed by atoms with Gasteiger partial charge in [0.1, 0.15) is 11.9 Å². The fourth-order valence-electron chi connectivity index (χ4n) is 8.55. The summed E-state index contributed by atoms with van der Waals surface area (Å²) in [5.41, 5.74) is 3.04. The van der Waals surface area contributed by atoms with Crippen LogP contribution < -0.4 is 0 Å². The number of benzene rings is 2. The number of hydrogen-bond donors (Lipinski definition) is 2. The number of phenols is 1. The number of rotatable bonds is 12. The van der Waals surface area contributed by atoms with Gasteiger partial charge in [0.15, 0.2) is 0 Å². The number of unbranched alkanes of at least 4 members (excludes halogenated alkanes) is 1. The number of hydrogen-bond acceptors (Lipinski definition) is 4. The number of methoxy groups -OCH3 is 1. The SMILES string of the molecule is COCCN(CCCCC1Cc2cc(O)ccc2C2C(F)C[C@]3(C)C(O)CCC3C12)C(=O)CCCc1ccccc1. The maximum absolute atomic E-state index is 16.0. The standard InChI is InChI=1S/C35H48FNO4/c1-35-23-30(36)34-28-15-14-27(38)22-26(28)21-25(33(34)29(35)16-17-31(35)39)12-6-7-18-37(19-20-41-2)32(40)13-8-11-24-9-4-3-5-10-24/h3-5,9-10,14-15,22,25,29-31,33-34,38-39H,6-8,11-13,16-21,23H2,1-2H3/t25?,29?,30?,31?,33?,34?,35-/m0/s1. The first-order chi connectivity index (χ1) is 19.8. The van der Waals surface area contributed by atoms with Crippen molar-refractivity contribution in [2.24, 2.45) is 23.2 Å². The van der Waals surface area contributed by atoms with E-state index in [9.17, 15) is 15.0 Å². The van der Waals surface area contributed by atoms with Crippen molar-refractivity contribution in [1.29, 1.82) is 0 Å². The number of amides is 1. The molecule has 41 heavy (non-hydrogen) atoms. The molecule has 0 saturated heterocycles. The number of carbonyl (C=O) groups is 1. The monoisotopic (exact) mass is 565 g/mol. The van der Waals surface area contributed by atoms with Gasteiger partial charge in [-0.15, -0.1) is 0 Å². The molecule has 6 heteroatoms. The van der Waals surface area contributed by atoms with Gasteiger partial charge in [0.25, 0.3) is 0 Å². The highest BCUT2D eigenvalue weighted by Crippen LogP contribution is 2.63. The zero-order valence-corrected chi connectivity index (χ0v) is 24.8. The molecule has 5 rings (SSSR count). The summed E-state index contributed by atoms with van der Waals surface area (Å²) in [6.45, 7) is 3.94. The van der Waals surface area contributed by atoms with Crippen LogP contribution >= 0.6 is 0 Å². The third kappa shape index (κ3) is 6.49. The minimum atomic E-state index is -0.988. The second-order valence-corrected chi connectivity index (χ2v) is 13.1. The van der Waals surface area contributed by atoms with Gasteiger partial charge < -0.3 is 19.8 Å². The summed E-state index contributed by atoms with van der Waals surface area (Å²) < 4.78 is 21.3. The maximum Gasteiger partial charge on any atom is 0.222 e. The lowest BCUT2D eigenvalue weighted by atomic mass is 9.51. The van der Waals surface area contributed by atoms with E-state index in [4.69, 9.17) is 4.74 Å². The van der Waals surface area contributed by atoms with Crippen molar-refractivity contribution < 1.29 is 24.1 Å². The van der Waals surface area contributed by atoms with E-state index in [-0.39, 0.29) is 28.9 Å². The van der Waals surface area contributed by atoms with Crippen molar-refractivity contribution in [3.05, 3.63) is 65.2 Å². The predicted octanol–water partition coefficient (Wildman–Crippen LogP) is 6.45. The Bertz CT molecular complexity index is 1160. The van der Waals surface area contributed by atoms with Gasteiger partial charge in [-0.1, -0.05) is 49.7 Å². The fraction of sp³-hybridized carbons (Fsp3) is 0.629. The second-order valence-electron chi connectivity index (χ2n) is 13.1. The zero-order chi connectivity index (χ0) is 29.0. The van der Waals surface area contributed by atoms with E-state index in [0.717, 1.165) is 62.5 Å². The third-order valence-electron chi connectivity index (χ3n) is 10.6. The lowest BCUT2D eigenvalue weighted by Gasteiger charge is -2.54. The molecule has 5 nitrogen and oxygen atoms in total. The first kappa shape index (κ1) is 30.0. The van der Waals surface area contributed by atoms with Crippen LogP contribution in [0.2, 0.25) is 0 Å². The Morgan fingerprint density at radius 1 is 1.10 bits per heavy atom. The van der Waals surface area contributed by atoms with E-state index in [1.165, 1.54) is 5.56 Å². The van der Waals surface area contributed by atoms with E-state index < -0.39 is 12.3 Å². The van der Waals surface area contributed by atoms with E-state index in [1.807, 2.05) is 35.2 Å². The van der Waals surface area contributed by atoms with Crippen LogP contribution in [0.25, 0.3) is 0 Å². The summed E-state index contributed by atoms with van der Waals surface area (Å²) >= 11 is 0. The third-order valence-corrected chi connectivity index (χ3v) is 10.6. The average molecular weight is 566 g/mol. The summed E-state index contributed by atoms with van der Waals surface area (Å²) in [4.78, 5) is 15.1. The van der Waals surface area contributed by atoms with Crippen molar-refractivity contribution in [3.8, 4) is 5.75 Å². The van der Waals surface area contributed by atoms with Gasteiger partial charge in [-0.05, 0) is 103 Å². The highest BCUT2D eigenvalue weighted by molar-refractivity contribution is 5.76. The Morgan fingerprint density at radius 3 is 2.68 bits per heavy atom. The van der Waals surface area contributed by atoms with Gasteiger partial charge in [0.05, 0.1) is 12.7 Å². The van der Waals surface area contributed by atoms with Gasteiger partial charge in [-0.25, -0.2) is 4.39 Å². The van der Waals surface area contributed by atoms with Crippen LogP contribution in [-0.4, -0.2) is 60.1 Å². The molecule has 0 heterocycles. The summed E-state index contributed by atoms with van der Waals surface area (Å²) in [5, 5.41) is 21.1. The lowest BCUT2D eigenvalue weighted by Crippen LogP contribution is -2.51. The molecule has 0 bridgehead atoms. The van der Waals surface area contributed by atoms with E-state index in [1.54, 1.807) is 13.2 Å². The Hall–Kier alpha value is -2.44. The van der Waals surface area contributed by atoms with Crippen molar-refractivity contribution in [2.75, 3.05) is 26.8 Å². The molecular formula is C35H48FNO4. The summed E-state index contributed by atoms with van der Waals surface area (Å²) in [6, 6.07) is 15.8. The maximum atomic E-state index is 16.0. The number of aliphatic hydroxyl groups is 1. The molecule has 0 aromatic heterocycles. The summed E-state index contributed by atoms with van der Waals surface area (Å²) in [7, 11) is 1.67. The van der Waals surface area contributed by atoms with Gasteiger partial charge in [0, 0.05) is 32.5 Å². The van der Waals surface area contributed by atoms with Crippen LogP contribution in [0.1, 0.15) is 80.9 Å². The molecule has 3 aliphatic carbocycles. The smallest absolute Gasteiger partial charge is 0.222 e. The first-order valence-electron chi connectivity index (χ1n) is 15.8. The number of nitrogens with zero attached hydrogens (tertiary/aromatic N) is 1. The van der Waals surface area contributed by atoms with E-state index in [0.29, 0.717) is 44.4 Å². The number of carbonyl (C=O) groups excluding carboxylic acids is 1. The number of phenolic OH excluding ortho intramolecular Hbond substituents is 1. The molecule has 1 amide bonds. The van der Waals surface area contributed by atoms with Gasteiger partial charge in [-0.2, -0.15) is 0 Å². The zero-order valence-electron chi connectivity index (χ0n) is 24.8. The largest absolute Gasteiger partial charge is 0.508 e. The topological polar surface area (TPSA) is 70.0 Å². The van der Waals surface area contributed by atoms with E-state index in [2.05, 4.69) is 19.1 Å². The van der Waals surface area contributed by atoms with Gasteiger partial charge in [-0.3, -0.25) is 4.79 Å². The Balaban J connectivity index is 1.22. The molecular weight excluding hydrogens is 517 g/mol. The van der Waals surface area contributed by atoms with Crippen LogP contribution in [0.4, 0.5) is 4.39 Å². The van der Waals surface area contributed by atoms with Crippen LogP contribution in [-0.2, 0) is 22.4 Å². The number of halogens is 1. The minimum absolute atomic E-state index is 0.169. The highest BCUT2D eigenvalue weighted by Gasteiger charge is 2.59. The first-order valence-corrected chi connectivity index (χ1v) is 15.8. The Morgan fingerprint density at radius 2 is 1.90 bits per heavy atom. The molecule has 0 spiro atoms. The number of fused-ring (bicyclic) bond motifs is 5. The molecule has 2 saturated carbocycles. The Labute approximate surface area is 245 Å². The molecule has 6 unspecified atom stereocenters. The molecule has 0 aliphatic heterocycles. The van der Waals surface area contributed by atoms with Crippen molar-refractivity contribution in [3.63, 3.8) is 0 Å². The number of aryl methyl sites for hydroxylation is 1.